The van der Waals surface area contributed by atoms with E-state index >= 15 is 0 Å². The monoisotopic (exact) mass is 269 g/mol. The predicted molar refractivity (Wildman–Crippen MR) is 77.0 cm³/mol. The van der Waals surface area contributed by atoms with Crippen molar-refractivity contribution in [2.45, 2.75) is 13.5 Å². The second-order valence-electron chi connectivity index (χ2n) is 4.00. The van der Waals surface area contributed by atoms with E-state index in [4.69, 9.17) is 10.4 Å². The molecule has 0 bridgehead atoms. The van der Waals surface area contributed by atoms with E-state index < -0.39 is 5.97 Å². The molecule has 0 atom stereocenters. The van der Waals surface area contributed by atoms with Gasteiger partial charge in [-0.15, -0.1) is 0 Å². The summed E-state index contributed by atoms with van der Waals surface area (Å²) in [5, 5.41) is 20.8. The number of allylic oxidation sites excluding steroid dienone is 1. The van der Waals surface area contributed by atoms with Gasteiger partial charge in [0.1, 0.15) is 0 Å². The van der Waals surface area contributed by atoms with E-state index in [0.717, 1.165) is 5.56 Å². The lowest BCUT2D eigenvalue weighted by molar-refractivity contribution is -0.132. The molecule has 0 aliphatic carbocycles. The summed E-state index contributed by atoms with van der Waals surface area (Å²) >= 11 is 0. The van der Waals surface area contributed by atoms with Gasteiger partial charge in [-0.3, -0.25) is 4.99 Å². The molecular weight excluding hydrogens is 254 g/mol. The van der Waals surface area contributed by atoms with Gasteiger partial charge in [0, 0.05) is 18.4 Å². The molecule has 0 spiro atoms. The first-order chi connectivity index (χ1) is 9.58. The van der Waals surface area contributed by atoms with Crippen molar-refractivity contribution >= 4 is 12.7 Å². The number of hydrogen-bond donors (Lipinski definition) is 2. The molecule has 0 heterocycles. The molecule has 2 N–H and O–H groups in total. The van der Waals surface area contributed by atoms with E-state index in [2.05, 4.69) is 17.0 Å². The van der Waals surface area contributed by atoms with Crippen LogP contribution in [0.5, 0.6) is 0 Å². The molecule has 0 unspecified atom stereocenters. The zero-order chi connectivity index (χ0) is 15.0. The Hall–Kier alpha value is -2.87. The van der Waals surface area contributed by atoms with Gasteiger partial charge in [0.05, 0.1) is 17.2 Å². The third-order valence-electron chi connectivity index (χ3n) is 2.62. The van der Waals surface area contributed by atoms with Crippen molar-refractivity contribution in [2.75, 3.05) is 0 Å². The van der Waals surface area contributed by atoms with Crippen molar-refractivity contribution in [3.05, 3.63) is 58.9 Å². The highest BCUT2D eigenvalue weighted by molar-refractivity contribution is 5.90. The van der Waals surface area contributed by atoms with Crippen molar-refractivity contribution < 1.29 is 9.90 Å². The lowest BCUT2D eigenvalue weighted by Crippen LogP contribution is -2.15. The van der Waals surface area contributed by atoms with Crippen molar-refractivity contribution in [2.24, 2.45) is 4.99 Å². The first kappa shape index (κ1) is 15.2. The number of aliphatic carboxylic acids is 1. The van der Waals surface area contributed by atoms with Gasteiger partial charge in [-0.1, -0.05) is 12.1 Å². The fourth-order valence-corrected chi connectivity index (χ4v) is 1.51. The number of benzene rings is 1. The van der Waals surface area contributed by atoms with Crippen molar-refractivity contribution in [3.8, 4) is 6.07 Å². The maximum absolute atomic E-state index is 11.1. The Balaban J connectivity index is 2.79. The molecule has 1 aromatic rings. The average molecular weight is 269 g/mol. The van der Waals surface area contributed by atoms with Crippen LogP contribution in [0.3, 0.4) is 0 Å². The molecule has 0 amide bonds. The van der Waals surface area contributed by atoms with Crippen LogP contribution in [-0.2, 0) is 11.3 Å². The number of aliphatic imine (C=N–C) groups is 1. The molecule has 0 aliphatic rings. The topological polar surface area (TPSA) is 85.5 Å². The van der Waals surface area contributed by atoms with E-state index in [1.165, 1.54) is 12.3 Å². The van der Waals surface area contributed by atoms with Crippen LogP contribution in [-0.4, -0.2) is 17.8 Å². The van der Waals surface area contributed by atoms with Gasteiger partial charge >= 0.3 is 5.97 Å². The first-order valence-corrected chi connectivity index (χ1v) is 5.88. The summed E-state index contributed by atoms with van der Waals surface area (Å²) < 4.78 is 0. The highest BCUT2D eigenvalue weighted by atomic mass is 16.4. The van der Waals surface area contributed by atoms with Gasteiger partial charge in [0.2, 0.25) is 0 Å². The number of nitrogens with zero attached hydrogens (tertiary/aromatic N) is 2. The molecule has 102 valence electrons. The lowest BCUT2D eigenvalue weighted by atomic mass is 10.1. The zero-order valence-corrected chi connectivity index (χ0v) is 11.1. The van der Waals surface area contributed by atoms with Gasteiger partial charge in [0.25, 0.3) is 0 Å². The molecule has 0 aliphatic heterocycles. The zero-order valence-electron chi connectivity index (χ0n) is 11.1. The van der Waals surface area contributed by atoms with Crippen LogP contribution in [0.25, 0.3) is 0 Å². The molecule has 0 fully saturated rings. The van der Waals surface area contributed by atoms with E-state index in [9.17, 15) is 4.79 Å². The number of carboxylic acid groups (broad SMARTS) is 1. The van der Waals surface area contributed by atoms with Gasteiger partial charge in [-0.25, -0.2) is 4.79 Å². The predicted octanol–water partition coefficient (Wildman–Crippen LogP) is 2.22. The summed E-state index contributed by atoms with van der Waals surface area (Å²) in [5.74, 6) is -1.03. The minimum atomic E-state index is -1.03. The Morgan fingerprint density at radius 1 is 1.50 bits per heavy atom. The molecule has 1 rings (SSSR count). The third kappa shape index (κ3) is 4.42. The second kappa shape index (κ2) is 7.54. The van der Waals surface area contributed by atoms with Gasteiger partial charge < -0.3 is 10.4 Å². The standard InChI is InChI=1S/C15H15N3O2/c1-11(14(15(19)20)7-8-17-2)18-10-13-5-3-12(9-16)4-6-13/h3-8,18H,2,10H2,1H3,(H,19,20)/b8-7-,14-11-. The number of hydrogen-bond acceptors (Lipinski definition) is 4. The molecule has 20 heavy (non-hydrogen) atoms. The summed E-state index contributed by atoms with van der Waals surface area (Å²) in [5.41, 5.74) is 2.21. The van der Waals surface area contributed by atoms with Crippen LogP contribution in [0.15, 0.2) is 52.8 Å². The maximum atomic E-state index is 11.1. The van der Waals surface area contributed by atoms with Crippen LogP contribution in [0.2, 0.25) is 0 Å². The maximum Gasteiger partial charge on any atom is 0.337 e. The summed E-state index contributed by atoms with van der Waals surface area (Å²) in [7, 11) is 0. The summed E-state index contributed by atoms with van der Waals surface area (Å²) in [6.45, 7) is 5.42. The molecule has 0 saturated heterocycles. The Morgan fingerprint density at radius 3 is 2.65 bits per heavy atom. The van der Waals surface area contributed by atoms with E-state index in [-0.39, 0.29) is 5.57 Å². The Morgan fingerprint density at radius 2 is 2.15 bits per heavy atom. The van der Waals surface area contributed by atoms with Crippen molar-refractivity contribution in [3.63, 3.8) is 0 Å². The number of carbonyl (C=O) groups is 1. The minimum absolute atomic E-state index is 0.131. The van der Waals surface area contributed by atoms with E-state index in [0.29, 0.717) is 17.8 Å². The summed E-state index contributed by atoms with van der Waals surface area (Å²) in [6.07, 6.45) is 2.72. The highest BCUT2D eigenvalue weighted by Crippen LogP contribution is 2.07. The van der Waals surface area contributed by atoms with E-state index in [1.54, 1.807) is 19.1 Å². The van der Waals surface area contributed by atoms with Crippen molar-refractivity contribution in [1.82, 2.24) is 5.32 Å². The number of nitriles is 1. The number of nitrogens with one attached hydrogen (secondary N) is 1. The van der Waals surface area contributed by atoms with Crippen LogP contribution in [0, 0.1) is 11.3 Å². The van der Waals surface area contributed by atoms with Crippen LogP contribution in [0.1, 0.15) is 18.1 Å². The number of carboxylic acids is 1. The Bertz CT molecular complexity index is 593. The molecular formula is C15H15N3O2. The van der Waals surface area contributed by atoms with Gasteiger partial charge in [0.15, 0.2) is 0 Å². The quantitative estimate of drug-likeness (QED) is 0.471. The van der Waals surface area contributed by atoms with Crippen LogP contribution < -0.4 is 5.32 Å². The largest absolute Gasteiger partial charge is 0.478 e. The van der Waals surface area contributed by atoms with Gasteiger partial charge in [-0.05, 0) is 37.4 Å². The third-order valence-corrected chi connectivity index (χ3v) is 2.62. The Kier molecular flexibility index (Phi) is 5.73. The second-order valence-corrected chi connectivity index (χ2v) is 4.00. The van der Waals surface area contributed by atoms with Crippen LogP contribution in [0.4, 0.5) is 0 Å². The average Bonchev–Trinajstić information content (AvgIpc) is 2.45. The highest BCUT2D eigenvalue weighted by Gasteiger charge is 2.07. The summed E-state index contributed by atoms with van der Waals surface area (Å²) in [4.78, 5) is 14.6. The minimum Gasteiger partial charge on any atom is -0.478 e. The normalized spacial score (nSPS) is 11.6. The van der Waals surface area contributed by atoms with E-state index in [1.807, 2.05) is 18.2 Å². The molecule has 0 saturated carbocycles. The first-order valence-electron chi connectivity index (χ1n) is 5.88. The van der Waals surface area contributed by atoms with Crippen molar-refractivity contribution in [1.29, 1.82) is 5.26 Å². The van der Waals surface area contributed by atoms with Crippen LogP contribution >= 0.6 is 0 Å². The molecule has 0 aromatic heterocycles. The SMILES string of the molecule is C=N/C=C\C(C(=O)O)=C(/C)NCc1ccc(C#N)cc1. The Labute approximate surface area is 117 Å². The molecule has 0 radical (unpaired) electrons. The number of rotatable bonds is 6. The smallest absolute Gasteiger partial charge is 0.337 e. The molecule has 1 aromatic carbocycles. The fraction of sp³-hybridized carbons (Fsp3) is 0.133. The fourth-order valence-electron chi connectivity index (χ4n) is 1.51. The lowest BCUT2D eigenvalue weighted by Gasteiger charge is -2.09. The molecule has 5 heteroatoms. The molecule has 5 nitrogen and oxygen atoms in total. The summed E-state index contributed by atoms with van der Waals surface area (Å²) in [6, 6.07) is 9.12. The van der Waals surface area contributed by atoms with Gasteiger partial charge in [-0.2, -0.15) is 5.26 Å².